The van der Waals surface area contributed by atoms with E-state index in [1.165, 1.54) is 29.3 Å². The summed E-state index contributed by atoms with van der Waals surface area (Å²) in [5.74, 6) is 0. The maximum atomic E-state index is 10.5. The Morgan fingerprint density at radius 1 is 1.47 bits per heavy atom. The Bertz CT molecular complexity index is 526. The number of rotatable bonds is 5. The third-order valence-corrected chi connectivity index (χ3v) is 4.51. The molecule has 17 heavy (non-hydrogen) atoms. The van der Waals surface area contributed by atoms with Gasteiger partial charge in [-0.15, -0.1) is 10.2 Å². The van der Waals surface area contributed by atoms with E-state index in [1.807, 2.05) is 0 Å². The summed E-state index contributed by atoms with van der Waals surface area (Å²) in [6.45, 7) is 0.413. The molecule has 0 aliphatic heterocycles. The lowest BCUT2D eigenvalue weighted by atomic mass is 10.8. The molecular weight excluding hydrogens is 284 g/mol. The molecule has 0 saturated heterocycles. The summed E-state index contributed by atoms with van der Waals surface area (Å²) in [6.07, 6.45) is 1.24. The molecule has 0 bridgehead atoms. The zero-order valence-electron chi connectivity index (χ0n) is 8.52. The maximum absolute atomic E-state index is 10.5. The maximum Gasteiger partial charge on any atom is 0.344 e. The first kappa shape index (κ1) is 12.4. The lowest BCUT2D eigenvalue weighted by Gasteiger charge is -1.88. The van der Waals surface area contributed by atoms with Crippen molar-refractivity contribution in [1.29, 1.82) is 0 Å². The van der Waals surface area contributed by atoms with Gasteiger partial charge in [-0.1, -0.05) is 11.3 Å². The number of nitrogens with zero attached hydrogens (tertiary/aromatic N) is 4. The van der Waals surface area contributed by atoms with Gasteiger partial charge in [-0.3, -0.25) is 10.1 Å². The second-order valence-electron chi connectivity index (χ2n) is 2.72. The van der Waals surface area contributed by atoms with Crippen LogP contribution >= 0.6 is 34.4 Å². The minimum absolute atomic E-state index is 0.0223. The second-order valence-corrected chi connectivity index (χ2v) is 6.28. The quantitative estimate of drug-likeness (QED) is 0.615. The van der Waals surface area contributed by atoms with Crippen LogP contribution in [0.1, 0.15) is 5.01 Å². The summed E-state index contributed by atoms with van der Waals surface area (Å²) in [5, 5.41) is 19.1. The van der Waals surface area contributed by atoms with Gasteiger partial charge < -0.3 is 4.74 Å². The number of thiazole rings is 1. The van der Waals surface area contributed by atoms with E-state index >= 15 is 0 Å². The van der Waals surface area contributed by atoms with Gasteiger partial charge in [0.2, 0.25) is 0 Å². The fraction of sp³-hybridized carbons (Fsp3) is 0.286. The van der Waals surface area contributed by atoms with Crippen molar-refractivity contribution in [3.05, 3.63) is 21.3 Å². The summed E-state index contributed by atoms with van der Waals surface area (Å²) in [6, 6.07) is 0. The van der Waals surface area contributed by atoms with E-state index in [0.29, 0.717) is 15.3 Å². The third-order valence-electron chi connectivity index (χ3n) is 1.54. The zero-order chi connectivity index (χ0) is 12.3. The number of methoxy groups -OCH3 is 1. The molecule has 0 fully saturated rings. The van der Waals surface area contributed by atoms with E-state index in [4.69, 9.17) is 4.74 Å². The number of hydrogen-bond acceptors (Lipinski definition) is 9. The van der Waals surface area contributed by atoms with Crippen LogP contribution in [0.5, 0.6) is 0 Å². The van der Waals surface area contributed by atoms with Gasteiger partial charge in [0, 0.05) is 7.11 Å². The molecule has 2 rings (SSSR count). The smallest absolute Gasteiger partial charge is 0.344 e. The van der Waals surface area contributed by atoms with Gasteiger partial charge >= 0.3 is 5.00 Å². The van der Waals surface area contributed by atoms with Crippen molar-refractivity contribution >= 4 is 39.4 Å². The summed E-state index contributed by atoms with van der Waals surface area (Å²) >= 11 is 3.67. The molecule has 0 aliphatic rings. The van der Waals surface area contributed by atoms with Crippen LogP contribution in [0, 0.1) is 10.1 Å². The van der Waals surface area contributed by atoms with Crippen molar-refractivity contribution in [2.24, 2.45) is 0 Å². The molecule has 2 aromatic heterocycles. The van der Waals surface area contributed by atoms with Gasteiger partial charge in [-0.25, -0.2) is 4.98 Å². The predicted molar refractivity (Wildman–Crippen MR) is 63.5 cm³/mol. The Balaban J connectivity index is 2.05. The van der Waals surface area contributed by atoms with Gasteiger partial charge in [0.15, 0.2) is 8.68 Å². The lowest BCUT2D eigenvalue weighted by Crippen LogP contribution is -1.84. The van der Waals surface area contributed by atoms with Crippen LogP contribution in [0.3, 0.4) is 0 Å². The van der Waals surface area contributed by atoms with Gasteiger partial charge in [0.05, 0.1) is 11.5 Å². The van der Waals surface area contributed by atoms with Crippen molar-refractivity contribution in [2.45, 2.75) is 15.3 Å². The zero-order valence-corrected chi connectivity index (χ0v) is 11.0. The fourth-order valence-corrected chi connectivity index (χ4v) is 3.77. The summed E-state index contributed by atoms with van der Waals surface area (Å²) in [5.41, 5.74) is 0. The van der Waals surface area contributed by atoms with E-state index in [9.17, 15) is 10.1 Å². The largest absolute Gasteiger partial charge is 0.377 e. The summed E-state index contributed by atoms with van der Waals surface area (Å²) in [4.78, 5) is 14.0. The molecule has 90 valence electrons. The molecule has 0 aliphatic carbocycles. The lowest BCUT2D eigenvalue weighted by molar-refractivity contribution is -0.380. The Kier molecular flexibility index (Phi) is 3.99. The molecular formula is C7H6N4O3S3. The molecule has 0 saturated carbocycles. The Labute approximate surface area is 108 Å². The van der Waals surface area contributed by atoms with E-state index in [2.05, 4.69) is 15.2 Å². The van der Waals surface area contributed by atoms with Crippen LogP contribution < -0.4 is 0 Å². The average Bonchev–Trinajstić information content (AvgIpc) is 2.89. The molecule has 0 aromatic carbocycles. The fourth-order valence-electron chi connectivity index (χ4n) is 0.918. The van der Waals surface area contributed by atoms with Gasteiger partial charge in [-0.05, 0) is 23.1 Å². The van der Waals surface area contributed by atoms with E-state index in [-0.39, 0.29) is 5.00 Å². The predicted octanol–water partition coefficient (Wildman–Crippen LogP) is 2.20. The molecule has 7 nitrogen and oxygen atoms in total. The van der Waals surface area contributed by atoms with Crippen molar-refractivity contribution in [2.75, 3.05) is 7.11 Å². The Morgan fingerprint density at radius 3 is 2.94 bits per heavy atom. The first-order valence-electron chi connectivity index (χ1n) is 4.28. The summed E-state index contributed by atoms with van der Waals surface area (Å²) < 4.78 is 6.20. The normalized spacial score (nSPS) is 10.6. The van der Waals surface area contributed by atoms with Crippen LogP contribution in [0.4, 0.5) is 5.00 Å². The second kappa shape index (κ2) is 5.49. The van der Waals surface area contributed by atoms with Gasteiger partial charge in [0.1, 0.15) is 11.2 Å². The number of nitro groups is 1. The molecule has 0 atom stereocenters. The van der Waals surface area contributed by atoms with Crippen LogP contribution in [-0.2, 0) is 11.3 Å². The molecule has 10 heteroatoms. The standard InChI is InChI=1S/C7H6N4O3S3/c1-14-3-4-9-10-7(15-4)17-6-8-2-5(16-6)11(12)13/h2H,3H2,1H3. The summed E-state index contributed by atoms with van der Waals surface area (Å²) in [7, 11) is 1.58. The SMILES string of the molecule is COCc1nnc(Sc2ncc([N+](=O)[O-])s2)s1. The highest BCUT2D eigenvalue weighted by molar-refractivity contribution is 8.02. The van der Waals surface area contributed by atoms with E-state index in [1.54, 1.807) is 7.11 Å². The molecule has 2 aromatic rings. The van der Waals surface area contributed by atoms with E-state index < -0.39 is 4.92 Å². The minimum Gasteiger partial charge on any atom is -0.377 e. The van der Waals surface area contributed by atoms with Crippen molar-refractivity contribution in [1.82, 2.24) is 15.2 Å². The van der Waals surface area contributed by atoms with Crippen LogP contribution in [0.2, 0.25) is 0 Å². The van der Waals surface area contributed by atoms with Crippen molar-refractivity contribution in [3.8, 4) is 0 Å². The number of ether oxygens (including phenoxy) is 1. The van der Waals surface area contributed by atoms with Crippen molar-refractivity contribution in [3.63, 3.8) is 0 Å². The third kappa shape index (κ3) is 3.19. The highest BCUT2D eigenvalue weighted by atomic mass is 32.2. The molecule has 0 spiro atoms. The molecule has 0 radical (unpaired) electrons. The highest BCUT2D eigenvalue weighted by Gasteiger charge is 2.14. The average molecular weight is 290 g/mol. The van der Waals surface area contributed by atoms with Crippen LogP contribution in [0.25, 0.3) is 0 Å². The Morgan fingerprint density at radius 2 is 2.29 bits per heavy atom. The van der Waals surface area contributed by atoms with Gasteiger partial charge in [0.25, 0.3) is 0 Å². The number of hydrogen-bond donors (Lipinski definition) is 0. The Hall–Kier alpha value is -1.10. The monoisotopic (exact) mass is 290 g/mol. The number of aromatic nitrogens is 3. The molecule has 0 unspecified atom stereocenters. The highest BCUT2D eigenvalue weighted by Crippen LogP contribution is 2.35. The minimum atomic E-state index is -0.460. The molecule has 0 amide bonds. The molecule has 2 heterocycles. The topological polar surface area (TPSA) is 91.0 Å². The molecule has 0 N–H and O–H groups in total. The first-order valence-corrected chi connectivity index (χ1v) is 6.73. The van der Waals surface area contributed by atoms with E-state index in [0.717, 1.165) is 16.3 Å². The van der Waals surface area contributed by atoms with Crippen LogP contribution in [0.15, 0.2) is 14.9 Å². The van der Waals surface area contributed by atoms with Crippen LogP contribution in [-0.4, -0.2) is 27.2 Å². The van der Waals surface area contributed by atoms with Gasteiger partial charge in [-0.2, -0.15) is 0 Å². The first-order chi connectivity index (χ1) is 8.19. The van der Waals surface area contributed by atoms with Crippen molar-refractivity contribution < 1.29 is 9.66 Å².